The van der Waals surface area contributed by atoms with Gasteiger partial charge in [-0.05, 0) is 94.3 Å². The van der Waals surface area contributed by atoms with E-state index in [-0.39, 0.29) is 18.0 Å². The summed E-state index contributed by atoms with van der Waals surface area (Å²) in [5.41, 5.74) is 1.66. The summed E-state index contributed by atoms with van der Waals surface area (Å²) in [5.74, 6) is 2.10. The van der Waals surface area contributed by atoms with Crippen LogP contribution in [0.1, 0.15) is 33.6 Å². The number of nitrogens with zero attached hydrogens (tertiary/aromatic N) is 2. The quantitative estimate of drug-likeness (QED) is 0.231. The van der Waals surface area contributed by atoms with E-state index < -0.39 is 5.60 Å². The Kier molecular flexibility index (Phi) is 8.21. The Morgan fingerprint density at radius 1 is 1.05 bits per heavy atom. The number of fused-ring (bicyclic) bond motifs is 1. The second-order valence-electron chi connectivity index (χ2n) is 10.9. The molecule has 0 bridgehead atoms. The largest absolute Gasteiger partial charge is 0.494 e. The summed E-state index contributed by atoms with van der Waals surface area (Å²) in [6.07, 6.45) is 1.44. The maximum atomic E-state index is 13.1. The topological polar surface area (TPSA) is 86.1 Å². The van der Waals surface area contributed by atoms with E-state index in [1.54, 1.807) is 30.3 Å². The van der Waals surface area contributed by atoms with E-state index in [1.165, 1.54) is 12.1 Å². The van der Waals surface area contributed by atoms with Crippen molar-refractivity contribution in [2.75, 3.05) is 26.2 Å². The van der Waals surface area contributed by atoms with Gasteiger partial charge in [-0.25, -0.2) is 14.2 Å². The molecular formula is C31H34FN3O5. The fraction of sp³-hybridized carbons (Fsp3) is 0.355. The number of carbonyl (C=O) groups is 1. The molecule has 1 N–H and O–H groups in total. The number of hydrogen-bond acceptors (Lipinski definition) is 7. The van der Waals surface area contributed by atoms with Gasteiger partial charge in [-0.1, -0.05) is 0 Å². The van der Waals surface area contributed by atoms with Gasteiger partial charge < -0.3 is 28.8 Å². The highest BCUT2D eigenvalue weighted by Gasteiger charge is 2.25. The minimum atomic E-state index is -0.493. The molecule has 1 aromatic heterocycles. The molecule has 0 saturated carbocycles. The molecule has 1 atom stereocenters. The monoisotopic (exact) mass is 547 g/mol. The van der Waals surface area contributed by atoms with Crippen LogP contribution >= 0.6 is 0 Å². The summed E-state index contributed by atoms with van der Waals surface area (Å²) in [5, 5.41) is 2.96. The highest BCUT2D eigenvalue weighted by Crippen LogP contribution is 2.30. The van der Waals surface area contributed by atoms with Gasteiger partial charge in [-0.15, -0.1) is 0 Å². The van der Waals surface area contributed by atoms with E-state index in [0.717, 1.165) is 43.8 Å². The third kappa shape index (κ3) is 7.51. The number of oxazole rings is 1. The van der Waals surface area contributed by atoms with Crippen LogP contribution in [0.25, 0.3) is 22.6 Å². The molecule has 0 radical (unpaired) electrons. The first-order chi connectivity index (χ1) is 19.2. The normalized spacial score (nSPS) is 15.8. The second-order valence-corrected chi connectivity index (χ2v) is 10.9. The van der Waals surface area contributed by atoms with Gasteiger partial charge in [0, 0.05) is 37.3 Å². The molecule has 0 spiro atoms. The van der Waals surface area contributed by atoms with Gasteiger partial charge in [0.1, 0.15) is 34.2 Å². The first kappa shape index (κ1) is 27.5. The number of likely N-dealkylation sites (tertiary alicyclic amines) is 1. The zero-order valence-electron chi connectivity index (χ0n) is 23.0. The van der Waals surface area contributed by atoms with Gasteiger partial charge in [-0.2, -0.15) is 0 Å². The van der Waals surface area contributed by atoms with E-state index in [2.05, 4.69) is 15.2 Å². The summed E-state index contributed by atoms with van der Waals surface area (Å²) in [6, 6.07) is 19.0. The molecule has 1 aliphatic rings. The lowest BCUT2D eigenvalue weighted by Crippen LogP contribution is -2.40. The zero-order chi connectivity index (χ0) is 28.1. The summed E-state index contributed by atoms with van der Waals surface area (Å²) < 4.78 is 36.1. The van der Waals surface area contributed by atoms with Gasteiger partial charge in [-0.3, -0.25) is 0 Å². The minimum Gasteiger partial charge on any atom is -0.494 e. The average molecular weight is 548 g/mol. The standard InChI is InChI=1S/C31H34FN3O5/c1-31(2,3)40-30(36)33-23-15-17-35(20-23)16-4-18-37-24-9-5-21(6-10-24)29-34-27-19-26(13-14-28(27)39-29)38-25-11-7-22(32)8-12-25/h5-14,19,23H,4,15-18,20H2,1-3H3,(H,33,36)/t23-/m1/s1. The fourth-order valence-electron chi connectivity index (χ4n) is 4.53. The smallest absolute Gasteiger partial charge is 0.407 e. The predicted molar refractivity (Wildman–Crippen MR) is 150 cm³/mol. The van der Waals surface area contributed by atoms with Crippen molar-refractivity contribution in [3.63, 3.8) is 0 Å². The second kappa shape index (κ2) is 12.0. The van der Waals surface area contributed by atoms with Gasteiger partial charge in [0.2, 0.25) is 5.89 Å². The molecule has 1 amide bonds. The summed E-state index contributed by atoms with van der Waals surface area (Å²) in [7, 11) is 0. The lowest BCUT2D eigenvalue weighted by molar-refractivity contribution is 0.0505. The van der Waals surface area contributed by atoms with Crippen molar-refractivity contribution in [1.82, 2.24) is 15.2 Å². The Morgan fingerprint density at radius 3 is 2.52 bits per heavy atom. The van der Waals surface area contributed by atoms with Gasteiger partial charge in [0.15, 0.2) is 5.58 Å². The highest BCUT2D eigenvalue weighted by atomic mass is 19.1. The summed E-state index contributed by atoms with van der Waals surface area (Å²) in [4.78, 5) is 18.9. The first-order valence-electron chi connectivity index (χ1n) is 13.5. The Labute approximate surface area is 233 Å². The zero-order valence-corrected chi connectivity index (χ0v) is 23.0. The average Bonchev–Trinajstić information content (AvgIpc) is 3.53. The van der Waals surface area contributed by atoms with Crippen LogP contribution in [0.15, 0.2) is 71.1 Å². The molecule has 1 saturated heterocycles. The van der Waals surface area contributed by atoms with Crippen molar-refractivity contribution in [2.24, 2.45) is 0 Å². The van der Waals surface area contributed by atoms with E-state index in [0.29, 0.717) is 35.1 Å². The van der Waals surface area contributed by atoms with Crippen molar-refractivity contribution in [3.05, 3.63) is 72.5 Å². The van der Waals surface area contributed by atoms with Crippen LogP contribution in [0.3, 0.4) is 0 Å². The van der Waals surface area contributed by atoms with Crippen LogP contribution < -0.4 is 14.8 Å². The summed E-state index contributed by atoms with van der Waals surface area (Å²) in [6.45, 7) is 8.85. The number of alkyl carbamates (subject to hydrolysis) is 1. The molecule has 1 fully saturated rings. The van der Waals surface area contributed by atoms with Crippen LogP contribution in [-0.2, 0) is 4.74 Å². The SMILES string of the molecule is CC(C)(C)OC(=O)N[C@@H]1CCN(CCCOc2ccc(-c3nc4cc(Oc5ccc(F)cc5)ccc4o3)cc2)C1. The van der Waals surface area contributed by atoms with Crippen molar-refractivity contribution in [2.45, 2.75) is 45.3 Å². The Balaban J connectivity index is 1.07. The summed E-state index contributed by atoms with van der Waals surface area (Å²) >= 11 is 0. The number of carbonyl (C=O) groups excluding carboxylic acids is 1. The lowest BCUT2D eigenvalue weighted by atomic mass is 10.2. The van der Waals surface area contributed by atoms with Crippen molar-refractivity contribution in [3.8, 4) is 28.7 Å². The number of hydrogen-bond donors (Lipinski definition) is 1. The number of aromatic nitrogens is 1. The van der Waals surface area contributed by atoms with Gasteiger partial charge >= 0.3 is 6.09 Å². The molecule has 5 rings (SSSR count). The molecule has 2 heterocycles. The molecule has 4 aromatic rings. The van der Waals surface area contributed by atoms with Gasteiger partial charge in [0.25, 0.3) is 0 Å². The van der Waals surface area contributed by atoms with E-state index in [4.69, 9.17) is 18.6 Å². The van der Waals surface area contributed by atoms with Crippen molar-refractivity contribution < 1.29 is 27.8 Å². The predicted octanol–water partition coefficient (Wildman–Crippen LogP) is 6.79. The van der Waals surface area contributed by atoms with Crippen molar-refractivity contribution >= 4 is 17.2 Å². The van der Waals surface area contributed by atoms with Gasteiger partial charge in [0.05, 0.1) is 6.61 Å². The third-order valence-electron chi connectivity index (χ3n) is 6.39. The molecule has 0 unspecified atom stereocenters. The third-order valence-corrected chi connectivity index (χ3v) is 6.39. The molecule has 210 valence electrons. The van der Waals surface area contributed by atoms with Crippen molar-refractivity contribution in [1.29, 1.82) is 0 Å². The maximum absolute atomic E-state index is 13.1. The fourth-order valence-corrected chi connectivity index (χ4v) is 4.53. The molecular weight excluding hydrogens is 513 g/mol. The van der Waals surface area contributed by atoms with Crippen LogP contribution in [0, 0.1) is 5.82 Å². The van der Waals surface area contributed by atoms with Crippen LogP contribution in [0.2, 0.25) is 0 Å². The van der Waals surface area contributed by atoms with E-state index in [1.807, 2.05) is 45.0 Å². The molecule has 0 aliphatic carbocycles. The molecule has 8 nitrogen and oxygen atoms in total. The molecule has 40 heavy (non-hydrogen) atoms. The Bertz CT molecular complexity index is 1430. The number of halogens is 1. The van der Waals surface area contributed by atoms with Crippen LogP contribution in [0.4, 0.5) is 9.18 Å². The van der Waals surface area contributed by atoms with E-state index in [9.17, 15) is 9.18 Å². The Hall–Kier alpha value is -4.11. The van der Waals surface area contributed by atoms with Crippen LogP contribution in [0.5, 0.6) is 17.2 Å². The number of amides is 1. The molecule has 3 aromatic carbocycles. The minimum absolute atomic E-state index is 0.115. The number of rotatable bonds is 9. The number of benzene rings is 3. The molecule has 9 heteroatoms. The maximum Gasteiger partial charge on any atom is 0.407 e. The number of nitrogens with one attached hydrogen (secondary N) is 1. The first-order valence-corrected chi connectivity index (χ1v) is 13.5. The highest BCUT2D eigenvalue weighted by molar-refractivity contribution is 5.78. The lowest BCUT2D eigenvalue weighted by Gasteiger charge is -2.22. The molecule has 1 aliphatic heterocycles. The van der Waals surface area contributed by atoms with E-state index >= 15 is 0 Å². The number of ether oxygens (including phenoxy) is 3. The Morgan fingerprint density at radius 2 is 1.77 bits per heavy atom. The van der Waals surface area contributed by atoms with Crippen LogP contribution in [-0.4, -0.2) is 53.9 Å².